The van der Waals surface area contributed by atoms with E-state index in [1.807, 2.05) is 24.3 Å². The first-order valence-electron chi connectivity index (χ1n) is 6.75. The van der Waals surface area contributed by atoms with Crippen molar-refractivity contribution in [2.45, 2.75) is 26.3 Å². The number of nitrogens with one attached hydrogen (secondary N) is 1. The average molecular weight is 287 g/mol. The third-order valence-electron chi connectivity index (χ3n) is 3.23. The van der Waals surface area contributed by atoms with Crippen LogP contribution in [0.3, 0.4) is 0 Å². The lowest BCUT2D eigenvalue weighted by atomic mass is 10.0. The second-order valence-electron chi connectivity index (χ2n) is 5.17. The molecule has 0 unspecified atom stereocenters. The highest BCUT2D eigenvalue weighted by Crippen LogP contribution is 2.15. The van der Waals surface area contributed by atoms with Crippen molar-refractivity contribution in [3.63, 3.8) is 0 Å². The van der Waals surface area contributed by atoms with Gasteiger partial charge in [0.2, 0.25) is 0 Å². The van der Waals surface area contributed by atoms with Gasteiger partial charge in [-0.25, -0.2) is 9.37 Å². The number of aromatic nitrogens is 1. The van der Waals surface area contributed by atoms with E-state index in [0.29, 0.717) is 12.5 Å². The van der Waals surface area contributed by atoms with Crippen molar-refractivity contribution >= 4 is 11.7 Å². The first-order chi connectivity index (χ1) is 9.97. The predicted octanol–water partition coefficient (Wildman–Crippen LogP) is 2.86. The summed E-state index contributed by atoms with van der Waals surface area (Å²) in [5, 5.41) is 2.71. The van der Waals surface area contributed by atoms with Crippen molar-refractivity contribution in [3.8, 4) is 0 Å². The molecule has 1 aromatic heterocycles. The zero-order valence-electron chi connectivity index (χ0n) is 12.1. The summed E-state index contributed by atoms with van der Waals surface area (Å²) in [7, 11) is 0. The molecular weight excluding hydrogens is 269 g/mol. The minimum absolute atomic E-state index is 0.0176. The molecule has 3 N–H and O–H groups in total. The van der Waals surface area contributed by atoms with Crippen LogP contribution in [0.15, 0.2) is 36.5 Å². The van der Waals surface area contributed by atoms with Gasteiger partial charge < -0.3 is 11.1 Å². The number of carbonyl (C=O) groups is 1. The Labute approximate surface area is 123 Å². The van der Waals surface area contributed by atoms with Crippen LogP contribution in [-0.2, 0) is 6.54 Å². The molecule has 0 saturated heterocycles. The number of hydrogen-bond donors (Lipinski definition) is 2. The fourth-order valence-electron chi connectivity index (χ4n) is 1.93. The summed E-state index contributed by atoms with van der Waals surface area (Å²) in [4.78, 5) is 15.6. The van der Waals surface area contributed by atoms with E-state index in [-0.39, 0.29) is 11.4 Å². The van der Waals surface area contributed by atoms with Gasteiger partial charge in [0, 0.05) is 6.54 Å². The van der Waals surface area contributed by atoms with E-state index in [1.54, 1.807) is 0 Å². The van der Waals surface area contributed by atoms with E-state index in [0.717, 1.165) is 17.8 Å². The van der Waals surface area contributed by atoms with E-state index < -0.39 is 11.7 Å². The molecule has 0 aliphatic carbocycles. The number of rotatable bonds is 4. The van der Waals surface area contributed by atoms with Crippen molar-refractivity contribution in [2.24, 2.45) is 0 Å². The highest BCUT2D eigenvalue weighted by molar-refractivity contribution is 5.98. The van der Waals surface area contributed by atoms with Crippen LogP contribution in [0, 0.1) is 5.82 Å². The number of carbonyl (C=O) groups excluding carboxylic acids is 1. The van der Waals surface area contributed by atoms with Gasteiger partial charge in [-0.3, -0.25) is 4.79 Å². The number of nitrogens with zero attached hydrogens (tertiary/aromatic N) is 1. The predicted molar refractivity (Wildman–Crippen MR) is 80.3 cm³/mol. The molecule has 0 fully saturated rings. The summed E-state index contributed by atoms with van der Waals surface area (Å²) in [5.74, 6) is -0.543. The molecule has 0 atom stereocenters. The van der Waals surface area contributed by atoms with Gasteiger partial charge >= 0.3 is 0 Å². The van der Waals surface area contributed by atoms with Crippen LogP contribution in [0.5, 0.6) is 0 Å². The van der Waals surface area contributed by atoms with E-state index in [4.69, 9.17) is 5.73 Å². The molecule has 0 spiro atoms. The zero-order valence-corrected chi connectivity index (χ0v) is 12.1. The standard InChI is InChI=1S/C16H18FN3O/c1-10(2)12-5-3-11(4-6-12)8-20-16(21)14-7-13(17)9-19-15(14)18/h3-7,9-10H,8H2,1-2H3,(H2,18,19)(H,20,21). The Hall–Kier alpha value is -2.43. The van der Waals surface area contributed by atoms with Crippen LogP contribution < -0.4 is 11.1 Å². The van der Waals surface area contributed by atoms with Gasteiger partial charge in [0.25, 0.3) is 5.91 Å². The number of benzene rings is 1. The van der Waals surface area contributed by atoms with Crippen LogP contribution in [0.2, 0.25) is 0 Å². The van der Waals surface area contributed by atoms with Crippen LogP contribution in [0.1, 0.15) is 41.3 Å². The fraction of sp³-hybridized carbons (Fsp3) is 0.250. The van der Waals surface area contributed by atoms with Gasteiger partial charge in [0.15, 0.2) is 0 Å². The van der Waals surface area contributed by atoms with E-state index in [9.17, 15) is 9.18 Å². The number of anilines is 1. The highest BCUT2D eigenvalue weighted by Gasteiger charge is 2.11. The van der Waals surface area contributed by atoms with Crippen LogP contribution >= 0.6 is 0 Å². The Morgan fingerprint density at radius 2 is 2.00 bits per heavy atom. The summed E-state index contributed by atoms with van der Waals surface area (Å²) < 4.78 is 13.1. The quantitative estimate of drug-likeness (QED) is 0.908. The Morgan fingerprint density at radius 3 is 2.62 bits per heavy atom. The third kappa shape index (κ3) is 3.78. The molecule has 0 bridgehead atoms. The summed E-state index contributed by atoms with van der Waals surface area (Å²) in [6.45, 7) is 4.60. The smallest absolute Gasteiger partial charge is 0.255 e. The Morgan fingerprint density at radius 1 is 1.33 bits per heavy atom. The van der Waals surface area contributed by atoms with Crippen LogP contribution in [0.4, 0.5) is 10.2 Å². The molecule has 0 aliphatic rings. The Kier molecular flexibility index (Phi) is 4.52. The first-order valence-corrected chi connectivity index (χ1v) is 6.75. The second-order valence-corrected chi connectivity index (χ2v) is 5.17. The van der Waals surface area contributed by atoms with Crippen molar-refractivity contribution in [1.82, 2.24) is 10.3 Å². The number of nitrogen functional groups attached to an aromatic ring is 1. The molecule has 1 heterocycles. The maximum absolute atomic E-state index is 13.1. The van der Waals surface area contributed by atoms with Crippen LogP contribution in [0.25, 0.3) is 0 Å². The van der Waals surface area contributed by atoms with Crippen molar-refractivity contribution in [2.75, 3.05) is 5.73 Å². The van der Waals surface area contributed by atoms with Gasteiger partial charge in [-0.15, -0.1) is 0 Å². The third-order valence-corrected chi connectivity index (χ3v) is 3.23. The number of amides is 1. The minimum Gasteiger partial charge on any atom is -0.383 e. The van der Waals surface area contributed by atoms with Gasteiger partial charge in [-0.2, -0.15) is 0 Å². The van der Waals surface area contributed by atoms with Gasteiger partial charge in [-0.1, -0.05) is 38.1 Å². The normalized spacial score (nSPS) is 10.7. The first kappa shape index (κ1) is 15.0. The minimum atomic E-state index is -0.587. The number of hydrogen-bond acceptors (Lipinski definition) is 3. The summed E-state index contributed by atoms with van der Waals surface area (Å²) in [6, 6.07) is 9.07. The topological polar surface area (TPSA) is 68.0 Å². The molecule has 1 aromatic carbocycles. The average Bonchev–Trinajstić information content (AvgIpc) is 2.47. The van der Waals surface area contributed by atoms with Gasteiger partial charge in [0.05, 0.1) is 11.8 Å². The lowest BCUT2D eigenvalue weighted by Gasteiger charge is -2.09. The van der Waals surface area contributed by atoms with Crippen LogP contribution in [-0.4, -0.2) is 10.9 Å². The summed E-state index contributed by atoms with van der Waals surface area (Å²) in [6.07, 6.45) is 0.983. The molecule has 2 aromatic rings. The lowest BCUT2D eigenvalue weighted by molar-refractivity contribution is 0.0951. The summed E-state index contributed by atoms with van der Waals surface area (Å²) >= 11 is 0. The zero-order chi connectivity index (χ0) is 15.4. The molecule has 110 valence electrons. The van der Waals surface area contributed by atoms with Gasteiger partial charge in [-0.05, 0) is 23.1 Å². The van der Waals surface area contributed by atoms with Crippen molar-refractivity contribution in [3.05, 3.63) is 59.0 Å². The Balaban J connectivity index is 2.02. The van der Waals surface area contributed by atoms with E-state index in [1.165, 1.54) is 5.56 Å². The molecule has 0 aliphatic heterocycles. The number of halogens is 1. The largest absolute Gasteiger partial charge is 0.383 e. The van der Waals surface area contributed by atoms with Gasteiger partial charge in [0.1, 0.15) is 11.6 Å². The van der Waals surface area contributed by atoms with Crippen molar-refractivity contribution < 1.29 is 9.18 Å². The maximum atomic E-state index is 13.1. The number of pyridine rings is 1. The second kappa shape index (κ2) is 6.35. The monoisotopic (exact) mass is 287 g/mol. The molecular formula is C16H18FN3O. The molecule has 0 radical (unpaired) electrons. The van der Waals surface area contributed by atoms with Crippen molar-refractivity contribution in [1.29, 1.82) is 0 Å². The molecule has 4 nitrogen and oxygen atoms in total. The molecule has 21 heavy (non-hydrogen) atoms. The highest BCUT2D eigenvalue weighted by atomic mass is 19.1. The Bertz CT molecular complexity index is 638. The number of nitrogens with two attached hydrogens (primary N) is 1. The molecule has 0 saturated carbocycles. The summed E-state index contributed by atoms with van der Waals surface area (Å²) in [5.41, 5.74) is 7.83. The maximum Gasteiger partial charge on any atom is 0.255 e. The lowest BCUT2D eigenvalue weighted by Crippen LogP contribution is -2.24. The fourth-order valence-corrected chi connectivity index (χ4v) is 1.93. The van der Waals surface area contributed by atoms with E-state index >= 15 is 0 Å². The van der Waals surface area contributed by atoms with E-state index in [2.05, 4.69) is 24.1 Å². The SMILES string of the molecule is CC(C)c1ccc(CNC(=O)c2cc(F)cnc2N)cc1. The molecule has 5 heteroatoms. The molecule has 2 rings (SSSR count). The molecule has 1 amide bonds.